The summed E-state index contributed by atoms with van der Waals surface area (Å²) in [7, 11) is 0. The number of aromatic nitrogens is 1. The van der Waals surface area contributed by atoms with Crippen LogP contribution < -0.4 is 11.1 Å². The van der Waals surface area contributed by atoms with Gasteiger partial charge in [0.15, 0.2) is 0 Å². The third-order valence-electron chi connectivity index (χ3n) is 2.23. The summed E-state index contributed by atoms with van der Waals surface area (Å²) in [6.45, 7) is 2.57. The fourth-order valence-electron chi connectivity index (χ4n) is 1.37. The molecule has 0 aliphatic carbocycles. The van der Waals surface area contributed by atoms with Crippen molar-refractivity contribution in [3.05, 3.63) is 16.1 Å². The second-order valence-electron chi connectivity index (χ2n) is 3.65. The van der Waals surface area contributed by atoms with Gasteiger partial charge in [-0.15, -0.1) is 17.8 Å². The zero-order valence-electron chi connectivity index (χ0n) is 9.90. The lowest BCUT2D eigenvalue weighted by Crippen LogP contribution is -2.33. The highest BCUT2D eigenvalue weighted by atomic mass is 32.1. The van der Waals surface area contributed by atoms with Gasteiger partial charge in [-0.3, -0.25) is 4.79 Å². The van der Waals surface area contributed by atoms with Crippen LogP contribution in [0, 0.1) is 12.3 Å². The van der Waals surface area contributed by atoms with Crippen LogP contribution in [-0.4, -0.2) is 23.5 Å². The summed E-state index contributed by atoms with van der Waals surface area (Å²) < 4.78 is 0. The van der Waals surface area contributed by atoms with Gasteiger partial charge in [0, 0.05) is 11.8 Å². The standard InChI is InChI=1S/C12H17N3OS/c1-3-5-9(4-2)14-12(16)10-8-17-11(15-10)6-7-13/h2,8-9H,3,5-7,13H2,1H3,(H,14,16). The fraction of sp³-hybridized carbons (Fsp3) is 0.500. The van der Waals surface area contributed by atoms with Crippen LogP contribution in [0.4, 0.5) is 0 Å². The quantitative estimate of drug-likeness (QED) is 0.746. The zero-order chi connectivity index (χ0) is 12.7. The molecule has 0 saturated carbocycles. The fourth-order valence-corrected chi connectivity index (χ4v) is 2.17. The van der Waals surface area contributed by atoms with Gasteiger partial charge in [0.05, 0.1) is 11.0 Å². The van der Waals surface area contributed by atoms with E-state index in [1.807, 2.05) is 6.92 Å². The van der Waals surface area contributed by atoms with Crippen molar-refractivity contribution >= 4 is 17.2 Å². The van der Waals surface area contributed by atoms with E-state index in [1.54, 1.807) is 5.38 Å². The maximum absolute atomic E-state index is 11.8. The van der Waals surface area contributed by atoms with Crippen molar-refractivity contribution in [2.45, 2.75) is 32.2 Å². The summed E-state index contributed by atoms with van der Waals surface area (Å²) in [5.41, 5.74) is 5.85. The summed E-state index contributed by atoms with van der Waals surface area (Å²) in [5.74, 6) is 2.35. The predicted octanol–water partition coefficient (Wildman–Crippen LogP) is 1.18. The van der Waals surface area contributed by atoms with Crippen LogP contribution in [0.2, 0.25) is 0 Å². The first kappa shape index (κ1) is 13.7. The van der Waals surface area contributed by atoms with Crippen molar-refractivity contribution in [3.63, 3.8) is 0 Å². The van der Waals surface area contributed by atoms with Gasteiger partial charge >= 0.3 is 0 Å². The summed E-state index contributed by atoms with van der Waals surface area (Å²) in [6, 6.07) is -0.216. The van der Waals surface area contributed by atoms with Crippen molar-refractivity contribution < 1.29 is 4.79 Å². The maximum Gasteiger partial charge on any atom is 0.271 e. The van der Waals surface area contributed by atoms with E-state index in [1.165, 1.54) is 11.3 Å². The van der Waals surface area contributed by atoms with E-state index in [0.717, 1.165) is 17.8 Å². The van der Waals surface area contributed by atoms with Crippen LogP contribution in [0.1, 0.15) is 35.3 Å². The number of terminal acetylenes is 1. The molecule has 1 aromatic heterocycles. The molecule has 3 N–H and O–H groups in total. The Balaban J connectivity index is 2.59. The Morgan fingerprint density at radius 2 is 2.53 bits per heavy atom. The van der Waals surface area contributed by atoms with Crippen molar-refractivity contribution in [3.8, 4) is 12.3 Å². The number of hydrogen-bond acceptors (Lipinski definition) is 4. The number of carbonyl (C=O) groups excluding carboxylic acids is 1. The second-order valence-corrected chi connectivity index (χ2v) is 4.59. The first-order valence-electron chi connectivity index (χ1n) is 5.62. The summed E-state index contributed by atoms with van der Waals surface area (Å²) in [4.78, 5) is 16.0. The SMILES string of the molecule is C#CC(CCC)NC(=O)c1csc(CCN)n1. The van der Waals surface area contributed by atoms with Gasteiger partial charge in [0.2, 0.25) is 0 Å². The van der Waals surface area contributed by atoms with E-state index in [9.17, 15) is 4.79 Å². The first-order valence-corrected chi connectivity index (χ1v) is 6.50. The molecule has 0 bridgehead atoms. The molecule has 0 aromatic carbocycles. The van der Waals surface area contributed by atoms with Crippen molar-refractivity contribution in [2.75, 3.05) is 6.54 Å². The number of amides is 1. The summed E-state index contributed by atoms with van der Waals surface area (Å²) in [5, 5.41) is 5.39. The van der Waals surface area contributed by atoms with Crippen molar-refractivity contribution in [2.24, 2.45) is 5.73 Å². The Morgan fingerprint density at radius 3 is 3.12 bits per heavy atom. The van der Waals surface area contributed by atoms with Gasteiger partial charge in [-0.1, -0.05) is 19.3 Å². The molecule has 4 nitrogen and oxygen atoms in total. The highest BCUT2D eigenvalue weighted by Gasteiger charge is 2.13. The van der Waals surface area contributed by atoms with Gasteiger partial charge in [0.25, 0.3) is 5.91 Å². The predicted molar refractivity (Wildman–Crippen MR) is 69.9 cm³/mol. The Labute approximate surface area is 106 Å². The Morgan fingerprint density at radius 1 is 1.76 bits per heavy atom. The van der Waals surface area contributed by atoms with Crippen LogP contribution in [-0.2, 0) is 6.42 Å². The zero-order valence-corrected chi connectivity index (χ0v) is 10.7. The van der Waals surface area contributed by atoms with Gasteiger partial charge < -0.3 is 11.1 Å². The number of hydrogen-bond donors (Lipinski definition) is 2. The molecule has 17 heavy (non-hydrogen) atoms. The molecule has 1 atom stereocenters. The van der Waals surface area contributed by atoms with Gasteiger partial charge in [0.1, 0.15) is 5.69 Å². The van der Waals surface area contributed by atoms with Crippen molar-refractivity contribution in [1.82, 2.24) is 10.3 Å². The van der Waals surface area contributed by atoms with E-state index in [-0.39, 0.29) is 11.9 Å². The van der Waals surface area contributed by atoms with Crippen LogP contribution in [0.25, 0.3) is 0 Å². The van der Waals surface area contributed by atoms with E-state index in [0.29, 0.717) is 18.7 Å². The topological polar surface area (TPSA) is 68.0 Å². The third kappa shape index (κ3) is 4.17. The lowest BCUT2D eigenvalue weighted by atomic mass is 10.2. The lowest BCUT2D eigenvalue weighted by Gasteiger charge is -2.10. The normalized spacial score (nSPS) is 11.8. The number of thiazole rings is 1. The van der Waals surface area contributed by atoms with Gasteiger partial charge in [-0.2, -0.15) is 0 Å². The van der Waals surface area contributed by atoms with E-state index >= 15 is 0 Å². The maximum atomic E-state index is 11.8. The molecule has 1 rings (SSSR count). The van der Waals surface area contributed by atoms with Gasteiger partial charge in [-0.25, -0.2) is 4.98 Å². The Bertz CT molecular complexity index is 408. The molecule has 1 unspecified atom stereocenters. The molecule has 0 spiro atoms. The minimum Gasteiger partial charge on any atom is -0.337 e. The molecule has 92 valence electrons. The molecule has 0 fully saturated rings. The molecule has 0 aliphatic heterocycles. The molecule has 1 amide bonds. The Kier molecular flexibility index (Phi) is 5.67. The first-order chi connectivity index (χ1) is 8.21. The number of rotatable bonds is 6. The second kappa shape index (κ2) is 7.05. The number of nitrogens with one attached hydrogen (secondary N) is 1. The monoisotopic (exact) mass is 251 g/mol. The number of carbonyl (C=O) groups is 1. The molecular weight excluding hydrogens is 234 g/mol. The smallest absolute Gasteiger partial charge is 0.271 e. The number of nitrogens with zero attached hydrogens (tertiary/aromatic N) is 1. The van der Waals surface area contributed by atoms with Gasteiger partial charge in [-0.05, 0) is 13.0 Å². The lowest BCUT2D eigenvalue weighted by molar-refractivity contribution is 0.0940. The molecule has 0 saturated heterocycles. The molecule has 1 heterocycles. The minimum absolute atomic E-state index is 0.207. The van der Waals surface area contributed by atoms with E-state index < -0.39 is 0 Å². The van der Waals surface area contributed by atoms with Crippen LogP contribution in [0.15, 0.2) is 5.38 Å². The van der Waals surface area contributed by atoms with E-state index in [2.05, 4.69) is 16.2 Å². The van der Waals surface area contributed by atoms with Crippen LogP contribution in [0.3, 0.4) is 0 Å². The van der Waals surface area contributed by atoms with Crippen molar-refractivity contribution in [1.29, 1.82) is 0 Å². The average Bonchev–Trinajstić information content (AvgIpc) is 2.77. The highest BCUT2D eigenvalue weighted by molar-refractivity contribution is 7.09. The summed E-state index contributed by atoms with van der Waals surface area (Å²) in [6.07, 6.45) is 7.75. The molecule has 1 aromatic rings. The highest BCUT2D eigenvalue weighted by Crippen LogP contribution is 2.10. The molecular formula is C12H17N3OS. The summed E-state index contributed by atoms with van der Waals surface area (Å²) >= 11 is 1.45. The number of nitrogens with two attached hydrogens (primary N) is 1. The third-order valence-corrected chi connectivity index (χ3v) is 3.14. The Hall–Kier alpha value is -1.38. The minimum atomic E-state index is -0.216. The van der Waals surface area contributed by atoms with Crippen LogP contribution in [0.5, 0.6) is 0 Å². The molecule has 0 aliphatic rings. The largest absolute Gasteiger partial charge is 0.337 e. The average molecular weight is 251 g/mol. The van der Waals surface area contributed by atoms with Crippen LogP contribution >= 0.6 is 11.3 Å². The van der Waals surface area contributed by atoms with E-state index in [4.69, 9.17) is 12.2 Å². The molecule has 0 radical (unpaired) electrons. The molecule has 5 heteroatoms.